The monoisotopic (exact) mass is 137 g/mol. The van der Waals surface area contributed by atoms with Gasteiger partial charge in [-0.15, -0.1) is 0 Å². The third-order valence-electron chi connectivity index (χ3n) is 3.04. The van der Waals surface area contributed by atoms with Crippen molar-refractivity contribution in [2.45, 2.75) is 32.2 Å². The van der Waals surface area contributed by atoms with E-state index in [1.54, 1.807) is 0 Å². The van der Waals surface area contributed by atoms with Gasteiger partial charge in [-0.2, -0.15) is 0 Å². The quantitative estimate of drug-likeness (QED) is 0.493. The van der Waals surface area contributed by atoms with Gasteiger partial charge in [0.2, 0.25) is 0 Å². The van der Waals surface area contributed by atoms with E-state index in [0.717, 1.165) is 12.0 Å². The van der Waals surface area contributed by atoms with Gasteiger partial charge in [0.25, 0.3) is 0 Å². The maximum absolute atomic E-state index is 2.44. The van der Waals surface area contributed by atoms with Crippen molar-refractivity contribution in [2.24, 2.45) is 5.92 Å². The van der Waals surface area contributed by atoms with E-state index in [1.165, 1.54) is 25.0 Å². The molecule has 2 aliphatic rings. The van der Waals surface area contributed by atoms with Crippen LogP contribution in [-0.4, -0.2) is 18.0 Å². The van der Waals surface area contributed by atoms with Crippen molar-refractivity contribution in [1.29, 1.82) is 0 Å². The number of allylic oxidation sites excluding steroid dienone is 1. The third-order valence-corrected chi connectivity index (χ3v) is 3.04. The van der Waals surface area contributed by atoms with E-state index in [4.69, 9.17) is 0 Å². The van der Waals surface area contributed by atoms with Gasteiger partial charge in [0.1, 0.15) is 0 Å². The molecule has 0 spiro atoms. The van der Waals surface area contributed by atoms with Crippen LogP contribution in [0.5, 0.6) is 0 Å². The third kappa shape index (κ3) is 0.695. The van der Waals surface area contributed by atoms with E-state index >= 15 is 0 Å². The maximum atomic E-state index is 2.44. The van der Waals surface area contributed by atoms with E-state index < -0.39 is 0 Å². The summed E-state index contributed by atoms with van der Waals surface area (Å²) in [6, 6.07) is 0.861. The molecule has 1 nitrogen and oxygen atoms in total. The molecule has 2 unspecified atom stereocenters. The zero-order valence-corrected chi connectivity index (χ0v) is 6.80. The predicted molar refractivity (Wildman–Crippen MR) is 42.6 cm³/mol. The van der Waals surface area contributed by atoms with Crippen LogP contribution in [0.1, 0.15) is 26.2 Å². The van der Waals surface area contributed by atoms with Crippen LogP contribution in [0, 0.1) is 5.92 Å². The fraction of sp³-hybridized carbons (Fsp3) is 0.778. The zero-order chi connectivity index (χ0) is 7.14. The molecule has 1 saturated carbocycles. The van der Waals surface area contributed by atoms with Crippen molar-refractivity contribution in [3.05, 3.63) is 11.8 Å². The molecule has 0 bridgehead atoms. The van der Waals surface area contributed by atoms with Gasteiger partial charge in [-0.3, -0.25) is 0 Å². The van der Waals surface area contributed by atoms with E-state index in [1.807, 2.05) is 0 Å². The van der Waals surface area contributed by atoms with Crippen molar-refractivity contribution in [3.63, 3.8) is 0 Å². The summed E-state index contributed by atoms with van der Waals surface area (Å²) in [5, 5.41) is 0. The van der Waals surface area contributed by atoms with Crippen molar-refractivity contribution < 1.29 is 0 Å². The first-order valence-electron chi connectivity index (χ1n) is 4.20. The lowest BCUT2D eigenvalue weighted by Gasteiger charge is -2.22. The summed E-state index contributed by atoms with van der Waals surface area (Å²) in [5.41, 5.74) is 1.48. The number of hydrogen-bond donors (Lipinski definition) is 0. The molecule has 56 valence electrons. The smallest absolute Gasteiger partial charge is 0.0346 e. The number of hydrogen-bond acceptors (Lipinski definition) is 1. The summed E-state index contributed by atoms with van der Waals surface area (Å²) in [6.07, 6.45) is 6.71. The molecular weight excluding hydrogens is 122 g/mol. The Labute approximate surface area is 62.7 Å². The summed E-state index contributed by atoms with van der Waals surface area (Å²) in [5.74, 6) is 0.894. The number of nitrogens with zero attached hydrogens (tertiary/aromatic N) is 1. The number of rotatable bonds is 0. The predicted octanol–water partition coefficient (Wildman–Crippen LogP) is 2.00. The van der Waals surface area contributed by atoms with Gasteiger partial charge in [0.05, 0.1) is 0 Å². The molecule has 1 fully saturated rings. The first kappa shape index (κ1) is 6.26. The molecular formula is C9H15N. The van der Waals surface area contributed by atoms with E-state index in [9.17, 15) is 0 Å². The van der Waals surface area contributed by atoms with Gasteiger partial charge in [-0.1, -0.05) is 12.5 Å². The van der Waals surface area contributed by atoms with Gasteiger partial charge in [-0.05, 0) is 25.7 Å². The Hall–Kier alpha value is -0.460. The van der Waals surface area contributed by atoms with Crippen LogP contribution in [0.25, 0.3) is 0 Å². The van der Waals surface area contributed by atoms with Crippen molar-refractivity contribution in [1.82, 2.24) is 4.90 Å². The van der Waals surface area contributed by atoms with Crippen LogP contribution >= 0.6 is 0 Å². The second-order valence-corrected chi connectivity index (χ2v) is 3.58. The summed E-state index contributed by atoms with van der Waals surface area (Å²) in [7, 11) is 2.22. The molecule has 2 atom stereocenters. The van der Waals surface area contributed by atoms with Gasteiger partial charge >= 0.3 is 0 Å². The topological polar surface area (TPSA) is 3.24 Å². The molecule has 1 heteroatoms. The Morgan fingerprint density at radius 1 is 1.50 bits per heavy atom. The van der Waals surface area contributed by atoms with Crippen LogP contribution in [0.3, 0.4) is 0 Å². The molecule has 0 aromatic rings. The van der Waals surface area contributed by atoms with Crippen LogP contribution in [0.4, 0.5) is 0 Å². The van der Waals surface area contributed by atoms with Crippen LogP contribution in [-0.2, 0) is 0 Å². The van der Waals surface area contributed by atoms with E-state index in [0.29, 0.717) is 0 Å². The largest absolute Gasteiger partial charge is 0.375 e. The van der Waals surface area contributed by atoms with Gasteiger partial charge < -0.3 is 4.90 Å². The fourth-order valence-corrected chi connectivity index (χ4v) is 2.33. The van der Waals surface area contributed by atoms with Crippen LogP contribution in [0.2, 0.25) is 0 Å². The van der Waals surface area contributed by atoms with Crippen LogP contribution in [0.15, 0.2) is 11.8 Å². The highest BCUT2D eigenvalue weighted by Gasteiger charge is 2.33. The van der Waals surface area contributed by atoms with Crippen molar-refractivity contribution in [3.8, 4) is 0 Å². The van der Waals surface area contributed by atoms with Gasteiger partial charge in [0, 0.05) is 18.8 Å². The molecule has 0 radical (unpaired) electrons. The highest BCUT2D eigenvalue weighted by molar-refractivity contribution is 5.14. The Morgan fingerprint density at radius 3 is 3.00 bits per heavy atom. The van der Waals surface area contributed by atoms with Gasteiger partial charge in [0.15, 0.2) is 0 Å². The lowest BCUT2D eigenvalue weighted by atomic mass is 10.1. The van der Waals surface area contributed by atoms with Crippen molar-refractivity contribution >= 4 is 0 Å². The summed E-state index contributed by atoms with van der Waals surface area (Å²) < 4.78 is 0. The Morgan fingerprint density at radius 2 is 2.30 bits per heavy atom. The molecule has 2 rings (SSSR count). The van der Waals surface area contributed by atoms with E-state index in [-0.39, 0.29) is 0 Å². The maximum Gasteiger partial charge on any atom is 0.0346 e. The van der Waals surface area contributed by atoms with Gasteiger partial charge in [-0.25, -0.2) is 0 Å². The van der Waals surface area contributed by atoms with Crippen LogP contribution < -0.4 is 0 Å². The normalized spacial score (nSPS) is 38.2. The summed E-state index contributed by atoms with van der Waals surface area (Å²) >= 11 is 0. The minimum Gasteiger partial charge on any atom is -0.375 e. The average molecular weight is 137 g/mol. The molecule has 1 aliphatic carbocycles. The molecule has 0 N–H and O–H groups in total. The highest BCUT2D eigenvalue weighted by Crippen LogP contribution is 2.37. The highest BCUT2D eigenvalue weighted by atomic mass is 15.2. The lowest BCUT2D eigenvalue weighted by molar-refractivity contribution is 0.309. The summed E-state index contributed by atoms with van der Waals surface area (Å²) in [4.78, 5) is 2.44. The Kier molecular flexibility index (Phi) is 1.26. The standard InChI is InChI=1S/C9H15N/c1-7-6-8-4-3-5-9(8)10(7)2/h6,8-9H,3-5H2,1-2H3. The first-order chi connectivity index (χ1) is 4.79. The lowest BCUT2D eigenvalue weighted by Crippen LogP contribution is -2.26. The fourth-order valence-electron chi connectivity index (χ4n) is 2.33. The van der Waals surface area contributed by atoms with E-state index in [2.05, 4.69) is 24.9 Å². The Balaban J connectivity index is 2.20. The number of fused-ring (bicyclic) bond motifs is 1. The SMILES string of the molecule is CC1=CC2CCCC2N1C. The average Bonchev–Trinajstić information content (AvgIpc) is 2.41. The minimum atomic E-state index is 0.861. The molecule has 0 saturated heterocycles. The molecule has 1 heterocycles. The van der Waals surface area contributed by atoms with Crippen molar-refractivity contribution in [2.75, 3.05) is 7.05 Å². The molecule has 0 aromatic heterocycles. The second-order valence-electron chi connectivity index (χ2n) is 3.58. The molecule has 10 heavy (non-hydrogen) atoms. The minimum absolute atomic E-state index is 0.861. The Bertz CT molecular complexity index is 172. The summed E-state index contributed by atoms with van der Waals surface area (Å²) in [6.45, 7) is 2.22. The first-order valence-corrected chi connectivity index (χ1v) is 4.20. The molecule has 1 aliphatic heterocycles. The molecule has 0 aromatic carbocycles. The second kappa shape index (κ2) is 2.01. The molecule has 0 amide bonds. The zero-order valence-electron chi connectivity index (χ0n) is 6.80.